The highest BCUT2D eigenvalue weighted by molar-refractivity contribution is 5.83. The summed E-state index contributed by atoms with van der Waals surface area (Å²) in [6, 6.07) is 6.65. The Morgan fingerprint density at radius 2 is 2.00 bits per heavy atom. The van der Waals surface area contributed by atoms with Gasteiger partial charge in [0.1, 0.15) is 12.4 Å². The number of benzene rings is 1. The number of hydrogen-bond donors (Lipinski definition) is 2. The molecule has 0 aliphatic heterocycles. The van der Waals surface area contributed by atoms with Gasteiger partial charge in [-0.3, -0.25) is 4.79 Å². The predicted octanol–water partition coefficient (Wildman–Crippen LogP) is 3.07. The average molecular weight is 331 g/mol. The van der Waals surface area contributed by atoms with Crippen LogP contribution in [0.15, 0.2) is 30.5 Å². The van der Waals surface area contributed by atoms with Crippen molar-refractivity contribution in [2.45, 2.75) is 38.6 Å². The van der Waals surface area contributed by atoms with E-state index in [1.165, 1.54) is 38.2 Å². The Balaban J connectivity index is 1.38. The number of rotatable bonds is 7. The fraction of sp³-hybridized carbons (Fsp3) is 0.526. The lowest BCUT2D eigenvalue weighted by Gasteiger charge is -2.21. The van der Waals surface area contributed by atoms with Crippen LogP contribution < -0.4 is 10.6 Å². The number of hydrogen-bond acceptors (Lipinski definition) is 2. The maximum Gasteiger partial charge on any atom is 0.239 e. The summed E-state index contributed by atoms with van der Waals surface area (Å²) in [5.74, 6) is 0.505. The third-order valence-corrected chi connectivity index (χ3v) is 4.86. The SMILES string of the molecule is O=C(Cn1ccc2c(F)cccc21)NCCNCC1CCCCC1. The van der Waals surface area contributed by atoms with Crippen LogP contribution in [-0.2, 0) is 11.3 Å². The second-order valence-electron chi connectivity index (χ2n) is 6.67. The molecule has 130 valence electrons. The fourth-order valence-corrected chi connectivity index (χ4v) is 3.52. The van der Waals surface area contributed by atoms with Crippen LogP contribution in [0.4, 0.5) is 4.39 Å². The summed E-state index contributed by atoms with van der Waals surface area (Å²) in [6.07, 6.45) is 8.51. The van der Waals surface area contributed by atoms with Crippen molar-refractivity contribution >= 4 is 16.8 Å². The molecule has 5 heteroatoms. The zero-order valence-electron chi connectivity index (χ0n) is 14.1. The number of aromatic nitrogens is 1. The third-order valence-electron chi connectivity index (χ3n) is 4.86. The van der Waals surface area contributed by atoms with Crippen molar-refractivity contribution in [1.82, 2.24) is 15.2 Å². The molecule has 1 aromatic carbocycles. The lowest BCUT2D eigenvalue weighted by atomic mass is 9.89. The largest absolute Gasteiger partial charge is 0.353 e. The van der Waals surface area contributed by atoms with E-state index in [9.17, 15) is 9.18 Å². The minimum absolute atomic E-state index is 0.0452. The third kappa shape index (κ3) is 4.35. The van der Waals surface area contributed by atoms with Gasteiger partial charge in [0.15, 0.2) is 0 Å². The Bertz CT molecular complexity index is 676. The van der Waals surface area contributed by atoms with Crippen LogP contribution in [0.5, 0.6) is 0 Å². The molecule has 3 rings (SSSR count). The van der Waals surface area contributed by atoms with E-state index in [-0.39, 0.29) is 18.3 Å². The lowest BCUT2D eigenvalue weighted by Crippen LogP contribution is -2.35. The van der Waals surface area contributed by atoms with Gasteiger partial charge in [-0.15, -0.1) is 0 Å². The number of amides is 1. The molecule has 1 fully saturated rings. The topological polar surface area (TPSA) is 46.1 Å². The Hall–Kier alpha value is -1.88. The number of nitrogens with zero attached hydrogens (tertiary/aromatic N) is 1. The minimum Gasteiger partial charge on any atom is -0.353 e. The van der Waals surface area contributed by atoms with E-state index < -0.39 is 0 Å². The Morgan fingerprint density at radius 3 is 2.83 bits per heavy atom. The van der Waals surface area contributed by atoms with E-state index in [2.05, 4.69) is 10.6 Å². The molecule has 0 saturated heterocycles. The molecule has 1 aromatic heterocycles. The van der Waals surface area contributed by atoms with Crippen LogP contribution in [0.3, 0.4) is 0 Å². The molecule has 4 nitrogen and oxygen atoms in total. The van der Waals surface area contributed by atoms with Crippen molar-refractivity contribution in [3.05, 3.63) is 36.3 Å². The van der Waals surface area contributed by atoms with Gasteiger partial charge in [-0.25, -0.2) is 4.39 Å². The molecule has 1 amide bonds. The second kappa shape index (κ2) is 8.29. The number of carbonyl (C=O) groups excluding carboxylic acids is 1. The van der Waals surface area contributed by atoms with Gasteiger partial charge in [0.2, 0.25) is 5.91 Å². The first-order chi connectivity index (χ1) is 11.7. The van der Waals surface area contributed by atoms with Crippen LogP contribution in [0.1, 0.15) is 32.1 Å². The molecule has 2 aromatic rings. The van der Waals surface area contributed by atoms with Gasteiger partial charge in [-0.1, -0.05) is 25.3 Å². The van der Waals surface area contributed by atoms with Crippen molar-refractivity contribution in [2.24, 2.45) is 5.92 Å². The van der Waals surface area contributed by atoms with Crippen LogP contribution in [0.25, 0.3) is 10.9 Å². The Kier molecular flexibility index (Phi) is 5.86. The van der Waals surface area contributed by atoms with Crippen LogP contribution in [0.2, 0.25) is 0 Å². The van der Waals surface area contributed by atoms with Crippen molar-refractivity contribution in [2.75, 3.05) is 19.6 Å². The van der Waals surface area contributed by atoms with Crippen molar-refractivity contribution in [3.63, 3.8) is 0 Å². The monoisotopic (exact) mass is 331 g/mol. The highest BCUT2D eigenvalue weighted by Gasteiger charge is 2.12. The summed E-state index contributed by atoms with van der Waals surface area (Å²) in [4.78, 5) is 12.1. The number of fused-ring (bicyclic) bond motifs is 1. The van der Waals surface area contributed by atoms with E-state index in [1.54, 1.807) is 22.9 Å². The van der Waals surface area contributed by atoms with Gasteiger partial charge in [-0.05, 0) is 43.5 Å². The molecule has 0 bridgehead atoms. The smallest absolute Gasteiger partial charge is 0.239 e. The molecule has 2 N–H and O–H groups in total. The van der Waals surface area contributed by atoms with Gasteiger partial charge >= 0.3 is 0 Å². The molecule has 1 saturated carbocycles. The number of carbonyl (C=O) groups is 1. The maximum atomic E-state index is 13.7. The van der Waals surface area contributed by atoms with Gasteiger partial charge in [0.05, 0.1) is 5.52 Å². The number of halogens is 1. The first-order valence-corrected chi connectivity index (χ1v) is 8.95. The maximum absolute atomic E-state index is 13.7. The zero-order chi connectivity index (χ0) is 16.8. The standard InChI is InChI=1S/C19H26FN3O/c20-17-7-4-8-18-16(17)9-12-23(18)14-19(24)22-11-10-21-13-15-5-2-1-3-6-15/h4,7-9,12,15,21H,1-3,5-6,10-11,13-14H2,(H,22,24). The highest BCUT2D eigenvalue weighted by atomic mass is 19.1. The summed E-state index contributed by atoms with van der Waals surface area (Å²) >= 11 is 0. The summed E-state index contributed by atoms with van der Waals surface area (Å²) in [5.41, 5.74) is 0.751. The predicted molar refractivity (Wildman–Crippen MR) is 94.4 cm³/mol. The molecule has 0 spiro atoms. The second-order valence-corrected chi connectivity index (χ2v) is 6.67. The van der Waals surface area contributed by atoms with Gasteiger partial charge in [0, 0.05) is 24.7 Å². The van der Waals surface area contributed by atoms with Gasteiger partial charge < -0.3 is 15.2 Å². The molecule has 1 aliphatic rings. The Labute approximate surface area is 142 Å². The van der Waals surface area contributed by atoms with E-state index >= 15 is 0 Å². The van der Waals surface area contributed by atoms with Crippen LogP contribution in [0, 0.1) is 11.7 Å². The van der Waals surface area contributed by atoms with E-state index in [0.29, 0.717) is 11.9 Å². The van der Waals surface area contributed by atoms with Crippen LogP contribution >= 0.6 is 0 Å². The molecule has 24 heavy (non-hydrogen) atoms. The van der Waals surface area contributed by atoms with Gasteiger partial charge in [0.25, 0.3) is 0 Å². The number of nitrogens with one attached hydrogen (secondary N) is 2. The summed E-state index contributed by atoms with van der Waals surface area (Å²) in [6.45, 7) is 2.69. The molecular formula is C19H26FN3O. The molecule has 1 heterocycles. The fourth-order valence-electron chi connectivity index (χ4n) is 3.52. The van der Waals surface area contributed by atoms with E-state index in [0.717, 1.165) is 24.5 Å². The van der Waals surface area contributed by atoms with Crippen molar-refractivity contribution in [1.29, 1.82) is 0 Å². The molecule has 0 unspecified atom stereocenters. The van der Waals surface area contributed by atoms with Crippen molar-refractivity contribution in [3.8, 4) is 0 Å². The first-order valence-electron chi connectivity index (χ1n) is 8.95. The summed E-state index contributed by atoms with van der Waals surface area (Å²) < 4.78 is 15.4. The van der Waals surface area contributed by atoms with Crippen LogP contribution in [-0.4, -0.2) is 30.1 Å². The molecular weight excluding hydrogens is 305 g/mol. The van der Waals surface area contributed by atoms with Crippen molar-refractivity contribution < 1.29 is 9.18 Å². The zero-order valence-corrected chi connectivity index (χ0v) is 14.1. The summed E-state index contributed by atoms with van der Waals surface area (Å²) in [7, 11) is 0. The lowest BCUT2D eigenvalue weighted by molar-refractivity contribution is -0.121. The quantitative estimate of drug-likeness (QED) is 0.766. The highest BCUT2D eigenvalue weighted by Crippen LogP contribution is 2.22. The molecule has 1 aliphatic carbocycles. The Morgan fingerprint density at radius 1 is 1.17 bits per heavy atom. The van der Waals surface area contributed by atoms with Gasteiger partial charge in [-0.2, -0.15) is 0 Å². The molecule has 0 radical (unpaired) electrons. The average Bonchev–Trinajstić information content (AvgIpc) is 3.00. The summed E-state index contributed by atoms with van der Waals surface area (Å²) in [5, 5.41) is 6.91. The first kappa shape index (κ1) is 17.0. The minimum atomic E-state index is -0.251. The normalized spacial score (nSPS) is 15.7. The van der Waals surface area contributed by atoms with E-state index in [1.807, 2.05) is 6.07 Å². The molecule has 0 atom stereocenters. The van der Waals surface area contributed by atoms with E-state index in [4.69, 9.17) is 0 Å².